The fraction of sp³-hybridized carbons (Fsp3) is 0.152. The van der Waals surface area contributed by atoms with Crippen LogP contribution in [0.4, 0.5) is 0 Å². The zero-order valence-corrected chi connectivity index (χ0v) is 21.1. The van der Waals surface area contributed by atoms with Crippen molar-refractivity contribution in [3.05, 3.63) is 132 Å². The van der Waals surface area contributed by atoms with Crippen LogP contribution in [0.5, 0.6) is 0 Å². The number of carbonyl (C=O) groups is 2. The summed E-state index contributed by atoms with van der Waals surface area (Å²) in [5, 5.41) is 4.27. The third kappa shape index (κ3) is 4.59. The monoisotopic (exact) mass is 499 g/mol. The molecule has 5 aromatic rings. The first-order valence-corrected chi connectivity index (χ1v) is 13.1. The Labute approximate surface area is 222 Å². The van der Waals surface area contributed by atoms with Gasteiger partial charge in [0, 0.05) is 35.8 Å². The highest BCUT2D eigenvalue weighted by Crippen LogP contribution is 2.34. The van der Waals surface area contributed by atoms with Gasteiger partial charge in [-0.15, -0.1) is 0 Å². The highest BCUT2D eigenvalue weighted by molar-refractivity contribution is 6.04. The smallest absolute Gasteiger partial charge is 0.255 e. The number of fused-ring (bicyclic) bond motifs is 2. The summed E-state index contributed by atoms with van der Waals surface area (Å²) in [6, 6.07) is 33.7. The number of nitrogens with zero attached hydrogens (tertiary/aromatic N) is 1. The summed E-state index contributed by atoms with van der Waals surface area (Å²) in [5.74, 6) is -0.221. The van der Waals surface area contributed by atoms with Gasteiger partial charge in [0.15, 0.2) is 0 Å². The van der Waals surface area contributed by atoms with E-state index in [0.717, 1.165) is 22.2 Å². The first-order valence-electron chi connectivity index (χ1n) is 13.1. The number of para-hydroxylation sites is 1. The van der Waals surface area contributed by atoms with Crippen molar-refractivity contribution in [2.45, 2.75) is 18.9 Å². The summed E-state index contributed by atoms with van der Waals surface area (Å²) in [4.78, 5) is 31.8. The molecule has 2 N–H and O–H groups in total. The van der Waals surface area contributed by atoms with Crippen LogP contribution in [0.25, 0.3) is 22.0 Å². The normalized spacial score (nSPS) is 14.6. The molecule has 2 heterocycles. The van der Waals surface area contributed by atoms with Crippen molar-refractivity contribution in [1.29, 1.82) is 0 Å². The standard InChI is InChI=1S/C33H29N3O2/c37-32(34-20-18-26-22-35-30-13-7-6-10-27(26)30)31-28-11-4-5-12-29(28)33(38)36(31)21-19-23-14-16-25(17-15-23)24-8-2-1-3-9-24/h1-17,22,31,35H,18-21H2,(H,34,37). The lowest BCUT2D eigenvalue weighted by molar-refractivity contribution is -0.125. The van der Waals surface area contributed by atoms with Gasteiger partial charge in [-0.2, -0.15) is 0 Å². The second-order valence-corrected chi connectivity index (χ2v) is 9.70. The average Bonchev–Trinajstić information content (AvgIpc) is 3.51. The number of aromatic amines is 1. The number of rotatable bonds is 8. The molecular formula is C33H29N3O2. The Hall–Kier alpha value is -4.64. The van der Waals surface area contributed by atoms with Gasteiger partial charge in [-0.3, -0.25) is 9.59 Å². The largest absolute Gasteiger partial charge is 0.361 e. The number of hydrogen-bond donors (Lipinski definition) is 2. The van der Waals surface area contributed by atoms with E-state index in [2.05, 4.69) is 52.8 Å². The number of H-pyrrole nitrogens is 1. The van der Waals surface area contributed by atoms with E-state index in [1.54, 1.807) is 4.90 Å². The van der Waals surface area contributed by atoms with E-state index in [9.17, 15) is 9.59 Å². The van der Waals surface area contributed by atoms with Gasteiger partial charge in [0.05, 0.1) is 0 Å². The Morgan fingerprint density at radius 1 is 0.789 bits per heavy atom. The predicted molar refractivity (Wildman–Crippen MR) is 151 cm³/mol. The van der Waals surface area contributed by atoms with Gasteiger partial charge in [0.25, 0.3) is 5.91 Å². The second-order valence-electron chi connectivity index (χ2n) is 9.70. The van der Waals surface area contributed by atoms with Gasteiger partial charge < -0.3 is 15.2 Å². The quantitative estimate of drug-likeness (QED) is 0.278. The molecule has 0 fully saturated rings. The van der Waals surface area contributed by atoms with Crippen molar-refractivity contribution in [3.8, 4) is 11.1 Å². The Morgan fingerprint density at radius 3 is 2.34 bits per heavy atom. The molecule has 0 bridgehead atoms. The molecule has 0 spiro atoms. The summed E-state index contributed by atoms with van der Waals surface area (Å²) in [7, 11) is 0. The Kier molecular flexibility index (Phi) is 6.49. The summed E-state index contributed by atoms with van der Waals surface area (Å²) in [6.07, 6.45) is 3.39. The summed E-state index contributed by atoms with van der Waals surface area (Å²) in [5.41, 5.74) is 7.11. The van der Waals surface area contributed by atoms with Crippen LogP contribution in [0.3, 0.4) is 0 Å². The Morgan fingerprint density at radius 2 is 1.50 bits per heavy atom. The minimum atomic E-state index is -0.620. The number of nitrogens with one attached hydrogen (secondary N) is 2. The van der Waals surface area contributed by atoms with E-state index in [1.165, 1.54) is 16.5 Å². The Balaban J connectivity index is 1.14. The maximum Gasteiger partial charge on any atom is 0.255 e. The summed E-state index contributed by atoms with van der Waals surface area (Å²) in [6.45, 7) is 0.973. The van der Waals surface area contributed by atoms with Crippen LogP contribution in [-0.2, 0) is 17.6 Å². The fourth-order valence-electron chi connectivity index (χ4n) is 5.38. The lowest BCUT2D eigenvalue weighted by Gasteiger charge is -2.25. The number of amides is 2. The van der Waals surface area contributed by atoms with Gasteiger partial charge in [0.2, 0.25) is 5.91 Å². The third-order valence-electron chi connectivity index (χ3n) is 7.38. The Bertz CT molecular complexity index is 1590. The second kappa shape index (κ2) is 10.4. The predicted octanol–water partition coefficient (Wildman–Crippen LogP) is 5.93. The van der Waals surface area contributed by atoms with Gasteiger partial charge >= 0.3 is 0 Å². The molecule has 38 heavy (non-hydrogen) atoms. The van der Waals surface area contributed by atoms with Crippen molar-refractivity contribution >= 4 is 22.7 Å². The SMILES string of the molecule is O=C(NCCc1c[nH]c2ccccc12)C1c2ccccc2C(=O)N1CCc1ccc(-c2ccccc2)cc1. The highest BCUT2D eigenvalue weighted by Gasteiger charge is 2.40. The number of hydrogen-bond acceptors (Lipinski definition) is 2. The van der Waals surface area contributed by atoms with Crippen molar-refractivity contribution < 1.29 is 9.59 Å². The molecule has 4 aromatic carbocycles. The van der Waals surface area contributed by atoms with Crippen molar-refractivity contribution in [2.75, 3.05) is 13.1 Å². The van der Waals surface area contributed by atoms with Crippen LogP contribution in [0.2, 0.25) is 0 Å². The average molecular weight is 500 g/mol. The molecule has 0 radical (unpaired) electrons. The summed E-state index contributed by atoms with van der Waals surface area (Å²) < 4.78 is 0. The van der Waals surface area contributed by atoms with E-state index < -0.39 is 6.04 Å². The molecule has 188 valence electrons. The van der Waals surface area contributed by atoms with Crippen molar-refractivity contribution in [2.24, 2.45) is 0 Å². The number of benzene rings is 4. The van der Waals surface area contributed by atoms with E-state index >= 15 is 0 Å². The summed E-state index contributed by atoms with van der Waals surface area (Å²) >= 11 is 0. The van der Waals surface area contributed by atoms with Crippen molar-refractivity contribution in [1.82, 2.24) is 15.2 Å². The molecule has 6 rings (SSSR count). The lowest BCUT2D eigenvalue weighted by atomic mass is 10.0. The molecule has 0 aliphatic carbocycles. The number of carbonyl (C=O) groups excluding carboxylic acids is 2. The molecule has 0 saturated carbocycles. The maximum absolute atomic E-state index is 13.5. The molecule has 1 aromatic heterocycles. The number of aromatic nitrogens is 1. The zero-order valence-electron chi connectivity index (χ0n) is 21.1. The van der Waals surface area contributed by atoms with Crippen LogP contribution in [0.1, 0.15) is 33.1 Å². The minimum absolute atomic E-state index is 0.0849. The van der Waals surface area contributed by atoms with E-state index in [4.69, 9.17) is 0 Å². The molecule has 2 amide bonds. The molecule has 1 atom stereocenters. The van der Waals surface area contributed by atoms with Crippen LogP contribution in [-0.4, -0.2) is 34.8 Å². The van der Waals surface area contributed by atoms with Gasteiger partial charge in [0.1, 0.15) is 6.04 Å². The molecule has 0 saturated heterocycles. The lowest BCUT2D eigenvalue weighted by Crippen LogP contribution is -2.40. The maximum atomic E-state index is 13.5. The molecule has 1 aliphatic heterocycles. The van der Waals surface area contributed by atoms with E-state index in [0.29, 0.717) is 31.5 Å². The van der Waals surface area contributed by atoms with Gasteiger partial charge in [-0.1, -0.05) is 91.0 Å². The van der Waals surface area contributed by atoms with Gasteiger partial charge in [-0.05, 0) is 52.8 Å². The van der Waals surface area contributed by atoms with Crippen LogP contribution in [0.15, 0.2) is 109 Å². The zero-order chi connectivity index (χ0) is 25.9. The molecule has 1 aliphatic rings. The molecule has 1 unspecified atom stereocenters. The minimum Gasteiger partial charge on any atom is -0.361 e. The van der Waals surface area contributed by atoms with Crippen molar-refractivity contribution in [3.63, 3.8) is 0 Å². The first kappa shape index (κ1) is 23.7. The topological polar surface area (TPSA) is 65.2 Å². The fourth-order valence-corrected chi connectivity index (χ4v) is 5.38. The van der Waals surface area contributed by atoms with E-state index in [-0.39, 0.29) is 11.8 Å². The first-order chi connectivity index (χ1) is 18.7. The third-order valence-corrected chi connectivity index (χ3v) is 7.38. The molecule has 5 nitrogen and oxygen atoms in total. The van der Waals surface area contributed by atoms with E-state index in [1.807, 2.05) is 66.9 Å². The highest BCUT2D eigenvalue weighted by atomic mass is 16.2. The molecule has 5 heteroatoms. The van der Waals surface area contributed by atoms with Gasteiger partial charge in [-0.25, -0.2) is 0 Å². The van der Waals surface area contributed by atoms with Crippen LogP contribution in [0, 0.1) is 0 Å². The van der Waals surface area contributed by atoms with Crippen LogP contribution < -0.4 is 5.32 Å². The molecular weight excluding hydrogens is 470 g/mol. The van der Waals surface area contributed by atoms with Crippen LogP contribution >= 0.6 is 0 Å².